The fourth-order valence-corrected chi connectivity index (χ4v) is 3.57. The SMILES string of the molecule is O=S(=O)(Nc1cccnc1Nc1ccc(O)cc1)c1ccc(Cl)c(Cl)c1. The van der Waals surface area contributed by atoms with Gasteiger partial charge in [0.15, 0.2) is 5.82 Å². The topological polar surface area (TPSA) is 91.3 Å². The number of phenols is 1. The Morgan fingerprint density at radius 3 is 2.38 bits per heavy atom. The van der Waals surface area contributed by atoms with E-state index < -0.39 is 10.0 Å². The second-order valence-corrected chi connectivity index (χ2v) is 7.75. The zero-order chi connectivity index (χ0) is 18.7. The van der Waals surface area contributed by atoms with Crippen molar-refractivity contribution >= 4 is 50.4 Å². The van der Waals surface area contributed by atoms with Gasteiger partial charge < -0.3 is 10.4 Å². The summed E-state index contributed by atoms with van der Waals surface area (Å²) in [6.07, 6.45) is 1.53. The van der Waals surface area contributed by atoms with Crippen LogP contribution in [0.3, 0.4) is 0 Å². The number of hydrogen-bond donors (Lipinski definition) is 3. The van der Waals surface area contributed by atoms with Crippen LogP contribution in [0.2, 0.25) is 10.0 Å². The minimum absolute atomic E-state index is 0.0219. The van der Waals surface area contributed by atoms with E-state index >= 15 is 0 Å². The van der Waals surface area contributed by atoms with Crippen molar-refractivity contribution in [1.29, 1.82) is 0 Å². The van der Waals surface area contributed by atoms with E-state index in [1.165, 1.54) is 36.5 Å². The normalized spacial score (nSPS) is 11.2. The number of rotatable bonds is 5. The first-order valence-electron chi connectivity index (χ1n) is 7.34. The highest BCUT2D eigenvalue weighted by Gasteiger charge is 2.18. The molecule has 0 aliphatic rings. The van der Waals surface area contributed by atoms with Crippen molar-refractivity contribution in [3.05, 3.63) is 70.8 Å². The molecule has 1 aromatic heterocycles. The van der Waals surface area contributed by atoms with E-state index in [2.05, 4.69) is 15.0 Å². The van der Waals surface area contributed by atoms with E-state index in [0.29, 0.717) is 11.5 Å². The van der Waals surface area contributed by atoms with Crippen molar-refractivity contribution in [2.75, 3.05) is 10.0 Å². The molecule has 9 heteroatoms. The van der Waals surface area contributed by atoms with Gasteiger partial charge in [-0.05, 0) is 54.6 Å². The lowest BCUT2D eigenvalue weighted by Crippen LogP contribution is -2.14. The molecule has 3 rings (SSSR count). The van der Waals surface area contributed by atoms with Crippen LogP contribution < -0.4 is 10.0 Å². The highest BCUT2D eigenvalue weighted by Crippen LogP contribution is 2.29. The second-order valence-electron chi connectivity index (χ2n) is 5.25. The van der Waals surface area contributed by atoms with Crippen LogP contribution in [-0.2, 0) is 10.0 Å². The summed E-state index contributed by atoms with van der Waals surface area (Å²) < 4.78 is 27.7. The summed E-state index contributed by atoms with van der Waals surface area (Å²) in [4.78, 5) is 4.14. The summed E-state index contributed by atoms with van der Waals surface area (Å²) in [6.45, 7) is 0. The predicted molar refractivity (Wildman–Crippen MR) is 103 cm³/mol. The molecule has 0 amide bonds. The molecule has 0 bridgehead atoms. The van der Waals surface area contributed by atoms with Gasteiger partial charge in [-0.15, -0.1) is 0 Å². The fourth-order valence-electron chi connectivity index (χ4n) is 2.12. The molecule has 0 radical (unpaired) electrons. The van der Waals surface area contributed by atoms with Crippen LogP contribution in [0, 0.1) is 0 Å². The fraction of sp³-hybridized carbons (Fsp3) is 0. The van der Waals surface area contributed by atoms with E-state index in [4.69, 9.17) is 23.2 Å². The molecule has 134 valence electrons. The van der Waals surface area contributed by atoms with Crippen LogP contribution >= 0.6 is 23.2 Å². The van der Waals surface area contributed by atoms with E-state index in [0.717, 1.165) is 0 Å². The van der Waals surface area contributed by atoms with Gasteiger partial charge in [-0.25, -0.2) is 13.4 Å². The molecule has 26 heavy (non-hydrogen) atoms. The number of phenolic OH excluding ortho intramolecular Hbond substituents is 1. The number of benzene rings is 2. The number of pyridine rings is 1. The van der Waals surface area contributed by atoms with Gasteiger partial charge in [0, 0.05) is 11.9 Å². The maximum Gasteiger partial charge on any atom is 0.262 e. The number of aromatic hydroxyl groups is 1. The smallest absolute Gasteiger partial charge is 0.262 e. The number of sulfonamides is 1. The van der Waals surface area contributed by atoms with Crippen LogP contribution in [0.5, 0.6) is 5.75 Å². The van der Waals surface area contributed by atoms with Crippen LogP contribution in [0.1, 0.15) is 0 Å². The maximum absolute atomic E-state index is 12.6. The van der Waals surface area contributed by atoms with Gasteiger partial charge in [-0.2, -0.15) is 0 Å². The van der Waals surface area contributed by atoms with Gasteiger partial charge in [0.05, 0.1) is 20.6 Å². The summed E-state index contributed by atoms with van der Waals surface area (Å²) in [5.41, 5.74) is 0.892. The quantitative estimate of drug-likeness (QED) is 0.533. The van der Waals surface area contributed by atoms with E-state index in [-0.39, 0.29) is 26.4 Å². The minimum Gasteiger partial charge on any atom is -0.508 e. The Labute approximate surface area is 160 Å². The average Bonchev–Trinajstić information content (AvgIpc) is 2.60. The van der Waals surface area contributed by atoms with Crippen molar-refractivity contribution in [2.45, 2.75) is 4.90 Å². The predicted octanol–water partition coefficient (Wildman–Crippen LogP) is 4.64. The zero-order valence-corrected chi connectivity index (χ0v) is 15.5. The van der Waals surface area contributed by atoms with Crippen LogP contribution in [0.4, 0.5) is 17.2 Å². The van der Waals surface area contributed by atoms with Crippen LogP contribution in [0.25, 0.3) is 0 Å². The molecular formula is C17H13Cl2N3O3S. The molecule has 3 N–H and O–H groups in total. The van der Waals surface area contributed by atoms with Gasteiger partial charge >= 0.3 is 0 Å². The maximum atomic E-state index is 12.6. The van der Waals surface area contributed by atoms with Crippen LogP contribution in [0.15, 0.2) is 65.7 Å². The first-order chi connectivity index (χ1) is 12.3. The Balaban J connectivity index is 1.89. The summed E-state index contributed by atoms with van der Waals surface area (Å²) in [5, 5.41) is 12.7. The zero-order valence-electron chi connectivity index (χ0n) is 13.1. The third-order valence-electron chi connectivity index (χ3n) is 3.38. The lowest BCUT2D eigenvalue weighted by Gasteiger charge is -2.13. The standard InChI is InChI=1S/C17H13Cl2N3O3S/c18-14-8-7-13(10-15(14)19)26(24,25)22-16-2-1-9-20-17(16)21-11-3-5-12(23)6-4-11/h1-10,22-23H,(H,20,21). The van der Waals surface area contributed by atoms with Crippen molar-refractivity contribution < 1.29 is 13.5 Å². The van der Waals surface area contributed by atoms with Crippen molar-refractivity contribution in [1.82, 2.24) is 4.98 Å². The molecule has 0 unspecified atom stereocenters. The second kappa shape index (κ2) is 7.41. The number of hydrogen-bond acceptors (Lipinski definition) is 5. The largest absolute Gasteiger partial charge is 0.508 e. The highest BCUT2D eigenvalue weighted by molar-refractivity contribution is 7.92. The summed E-state index contributed by atoms with van der Waals surface area (Å²) >= 11 is 11.7. The molecule has 0 saturated heterocycles. The highest BCUT2D eigenvalue weighted by atomic mass is 35.5. The van der Waals surface area contributed by atoms with Gasteiger partial charge in [0.2, 0.25) is 0 Å². The van der Waals surface area contributed by atoms with Gasteiger partial charge in [0.25, 0.3) is 10.0 Å². The first-order valence-corrected chi connectivity index (χ1v) is 9.58. The number of aromatic nitrogens is 1. The monoisotopic (exact) mass is 409 g/mol. The Hall–Kier alpha value is -2.48. The summed E-state index contributed by atoms with van der Waals surface area (Å²) in [6, 6.07) is 13.5. The lowest BCUT2D eigenvalue weighted by molar-refractivity contribution is 0.475. The van der Waals surface area contributed by atoms with Gasteiger partial charge in [-0.3, -0.25) is 4.72 Å². The number of halogens is 2. The Kier molecular flexibility index (Phi) is 5.22. The molecule has 0 spiro atoms. The minimum atomic E-state index is -3.89. The molecule has 0 saturated carbocycles. The molecule has 0 fully saturated rings. The molecule has 0 aliphatic carbocycles. The molecule has 2 aromatic carbocycles. The average molecular weight is 410 g/mol. The number of nitrogens with one attached hydrogen (secondary N) is 2. The third kappa shape index (κ3) is 4.19. The molecule has 3 aromatic rings. The third-order valence-corrected chi connectivity index (χ3v) is 5.49. The molecular weight excluding hydrogens is 397 g/mol. The van der Waals surface area contributed by atoms with Crippen molar-refractivity contribution in [3.63, 3.8) is 0 Å². The lowest BCUT2D eigenvalue weighted by atomic mass is 10.3. The first kappa shape index (κ1) is 18.3. The Morgan fingerprint density at radius 1 is 0.962 bits per heavy atom. The Bertz CT molecular complexity index is 1040. The van der Waals surface area contributed by atoms with Gasteiger partial charge in [-0.1, -0.05) is 23.2 Å². The molecule has 0 atom stereocenters. The Morgan fingerprint density at radius 2 is 1.69 bits per heavy atom. The van der Waals surface area contributed by atoms with Crippen LogP contribution in [-0.4, -0.2) is 18.5 Å². The van der Waals surface area contributed by atoms with Gasteiger partial charge in [0.1, 0.15) is 5.75 Å². The van der Waals surface area contributed by atoms with E-state index in [1.54, 1.807) is 24.3 Å². The van der Waals surface area contributed by atoms with Crippen molar-refractivity contribution in [3.8, 4) is 5.75 Å². The molecule has 0 aliphatic heterocycles. The summed E-state index contributed by atoms with van der Waals surface area (Å²) in [5.74, 6) is 0.430. The summed E-state index contributed by atoms with van der Waals surface area (Å²) in [7, 11) is -3.89. The number of anilines is 3. The number of nitrogens with zero attached hydrogens (tertiary/aromatic N) is 1. The van der Waals surface area contributed by atoms with E-state index in [1.807, 2.05) is 0 Å². The molecule has 6 nitrogen and oxygen atoms in total. The van der Waals surface area contributed by atoms with E-state index in [9.17, 15) is 13.5 Å². The van der Waals surface area contributed by atoms with Crippen molar-refractivity contribution in [2.24, 2.45) is 0 Å². The molecule has 1 heterocycles.